The molecule has 2 N–H and O–H groups in total. The largest absolute Gasteiger partial charge is 0.326 e. The molecule has 28 heavy (non-hydrogen) atoms. The van der Waals surface area contributed by atoms with Gasteiger partial charge in [0.05, 0.1) is 28.9 Å². The van der Waals surface area contributed by atoms with Crippen LogP contribution in [0.25, 0.3) is 11.3 Å². The summed E-state index contributed by atoms with van der Waals surface area (Å²) in [4.78, 5) is 10.9. The highest BCUT2D eigenvalue weighted by Crippen LogP contribution is 2.41. The molecule has 0 saturated carbocycles. The number of anilines is 1. The molecular formula is C19H20F2N4O2S. The fraction of sp³-hybridized carbons (Fsp3) is 0.474. The molecule has 2 atom stereocenters. The molecule has 1 unspecified atom stereocenters. The summed E-state index contributed by atoms with van der Waals surface area (Å²) in [5.41, 5.74) is 9.71. The van der Waals surface area contributed by atoms with E-state index in [1.807, 2.05) is 6.07 Å². The van der Waals surface area contributed by atoms with Gasteiger partial charge in [0, 0.05) is 22.9 Å². The third-order valence-electron chi connectivity index (χ3n) is 6.06. The number of benzene rings is 1. The van der Waals surface area contributed by atoms with Crippen LogP contribution in [0.1, 0.15) is 36.2 Å². The Balaban J connectivity index is 1.63. The zero-order valence-corrected chi connectivity index (χ0v) is 16.1. The van der Waals surface area contributed by atoms with Gasteiger partial charge in [0.2, 0.25) is 5.95 Å². The second-order valence-electron chi connectivity index (χ2n) is 7.86. The molecule has 1 aromatic heterocycles. The quantitative estimate of drug-likeness (QED) is 0.823. The van der Waals surface area contributed by atoms with Crippen molar-refractivity contribution in [3.8, 4) is 11.3 Å². The molecular weight excluding hydrogens is 386 g/mol. The molecule has 2 aromatic rings. The summed E-state index contributed by atoms with van der Waals surface area (Å²) in [6.45, 7) is 1.06. The molecule has 1 aliphatic carbocycles. The first-order valence-corrected chi connectivity index (χ1v) is 11.0. The fourth-order valence-corrected chi connectivity index (χ4v) is 6.03. The van der Waals surface area contributed by atoms with Gasteiger partial charge in [-0.1, -0.05) is 12.1 Å². The van der Waals surface area contributed by atoms with Gasteiger partial charge in [-0.15, -0.1) is 0 Å². The highest BCUT2D eigenvalue weighted by molar-refractivity contribution is 7.91. The van der Waals surface area contributed by atoms with Crippen molar-refractivity contribution in [2.24, 2.45) is 5.73 Å². The summed E-state index contributed by atoms with van der Waals surface area (Å²) in [6, 6.07) is 3.70. The number of aromatic nitrogens is 2. The molecule has 5 rings (SSSR count). The van der Waals surface area contributed by atoms with Crippen LogP contribution < -0.4 is 10.6 Å². The summed E-state index contributed by atoms with van der Waals surface area (Å²) in [6.07, 6.45) is 2.48. The lowest BCUT2D eigenvalue weighted by Crippen LogP contribution is -2.64. The molecule has 3 heterocycles. The standard InChI is InChI=1S/C19H20F2N4O2S/c1-10-19(20,21)9-25(10)18-23-15-4-2-3-13(15)17(24-18)11-5-6-12-14(22)8-28(26,27)16(12)7-11/h5-7,10,14H,2-4,8-9,22H2,1H3/t10-,14?/m0/s1. The van der Waals surface area contributed by atoms with Gasteiger partial charge in [0.1, 0.15) is 0 Å². The van der Waals surface area contributed by atoms with E-state index >= 15 is 0 Å². The van der Waals surface area contributed by atoms with Crippen LogP contribution in [0, 0.1) is 0 Å². The Labute approximate surface area is 161 Å². The molecule has 2 aliphatic heterocycles. The van der Waals surface area contributed by atoms with Crippen LogP contribution >= 0.6 is 0 Å². The average molecular weight is 406 g/mol. The first-order valence-electron chi connectivity index (χ1n) is 9.34. The molecule has 0 bridgehead atoms. The lowest BCUT2D eigenvalue weighted by atomic mass is 10.00. The Hall–Kier alpha value is -2.13. The average Bonchev–Trinajstić information content (AvgIpc) is 3.21. The zero-order chi connectivity index (χ0) is 19.8. The van der Waals surface area contributed by atoms with Crippen LogP contribution in [-0.2, 0) is 22.7 Å². The summed E-state index contributed by atoms with van der Waals surface area (Å²) >= 11 is 0. The van der Waals surface area contributed by atoms with E-state index in [-0.39, 0.29) is 16.6 Å². The molecule has 1 fully saturated rings. The minimum Gasteiger partial charge on any atom is -0.326 e. The Kier molecular flexibility index (Phi) is 3.65. The van der Waals surface area contributed by atoms with Gasteiger partial charge in [-0.3, -0.25) is 0 Å². The number of nitrogens with two attached hydrogens (primary N) is 1. The predicted molar refractivity (Wildman–Crippen MR) is 100 cm³/mol. The van der Waals surface area contributed by atoms with Crippen molar-refractivity contribution in [2.75, 3.05) is 17.2 Å². The van der Waals surface area contributed by atoms with Crippen molar-refractivity contribution in [3.63, 3.8) is 0 Å². The minimum atomic E-state index is -3.42. The number of rotatable bonds is 2. The van der Waals surface area contributed by atoms with E-state index in [0.29, 0.717) is 16.8 Å². The van der Waals surface area contributed by atoms with Crippen molar-refractivity contribution in [1.29, 1.82) is 0 Å². The zero-order valence-electron chi connectivity index (χ0n) is 15.3. The third-order valence-corrected chi connectivity index (χ3v) is 7.88. The van der Waals surface area contributed by atoms with Crippen LogP contribution in [0.3, 0.4) is 0 Å². The predicted octanol–water partition coefficient (Wildman–Crippen LogP) is 2.26. The Morgan fingerprint density at radius 1 is 1.25 bits per heavy atom. The number of hydrogen-bond donors (Lipinski definition) is 1. The van der Waals surface area contributed by atoms with E-state index in [1.54, 1.807) is 12.1 Å². The van der Waals surface area contributed by atoms with E-state index in [4.69, 9.17) is 5.73 Å². The van der Waals surface area contributed by atoms with Crippen molar-refractivity contribution in [2.45, 2.75) is 49.1 Å². The first kappa shape index (κ1) is 17.9. The second-order valence-corrected chi connectivity index (χ2v) is 9.86. The van der Waals surface area contributed by atoms with Gasteiger partial charge >= 0.3 is 0 Å². The topological polar surface area (TPSA) is 89.2 Å². The van der Waals surface area contributed by atoms with Crippen LogP contribution in [-0.4, -0.2) is 42.6 Å². The molecule has 148 valence electrons. The van der Waals surface area contributed by atoms with Crippen molar-refractivity contribution >= 4 is 15.8 Å². The van der Waals surface area contributed by atoms with E-state index in [9.17, 15) is 17.2 Å². The normalized spacial score (nSPS) is 26.6. The highest BCUT2D eigenvalue weighted by Gasteiger charge is 2.53. The van der Waals surface area contributed by atoms with E-state index < -0.39 is 34.4 Å². The number of aryl methyl sites for hydroxylation is 1. The highest BCUT2D eigenvalue weighted by atomic mass is 32.2. The molecule has 6 nitrogen and oxygen atoms in total. The number of halogens is 2. The summed E-state index contributed by atoms with van der Waals surface area (Å²) < 4.78 is 52.2. The maximum atomic E-state index is 13.7. The Bertz CT molecular complexity index is 1100. The summed E-state index contributed by atoms with van der Waals surface area (Å²) in [5, 5.41) is 0. The van der Waals surface area contributed by atoms with Crippen LogP contribution in [0.2, 0.25) is 0 Å². The fourth-order valence-electron chi connectivity index (χ4n) is 4.32. The minimum absolute atomic E-state index is 0.0979. The molecule has 0 amide bonds. The molecule has 1 aromatic carbocycles. The number of sulfone groups is 1. The second kappa shape index (κ2) is 5.70. The molecule has 3 aliphatic rings. The summed E-state index contributed by atoms with van der Waals surface area (Å²) in [5.74, 6) is -2.56. The SMILES string of the molecule is C[C@@H]1N(c2nc3c(c(-c4ccc5c(c4)S(=O)(=O)CC5N)n2)CCC3)CC1(F)F. The smallest absolute Gasteiger partial charge is 0.284 e. The lowest BCUT2D eigenvalue weighted by molar-refractivity contribution is -0.0648. The van der Waals surface area contributed by atoms with Crippen molar-refractivity contribution in [1.82, 2.24) is 9.97 Å². The van der Waals surface area contributed by atoms with Gasteiger partial charge in [-0.2, -0.15) is 0 Å². The van der Waals surface area contributed by atoms with E-state index in [1.165, 1.54) is 11.8 Å². The van der Waals surface area contributed by atoms with Gasteiger partial charge in [-0.25, -0.2) is 27.2 Å². The van der Waals surface area contributed by atoms with Crippen molar-refractivity contribution < 1.29 is 17.2 Å². The van der Waals surface area contributed by atoms with Crippen LogP contribution in [0.4, 0.5) is 14.7 Å². The van der Waals surface area contributed by atoms with E-state index in [0.717, 1.165) is 30.5 Å². The molecule has 0 spiro atoms. The number of nitrogens with zero attached hydrogens (tertiary/aromatic N) is 3. The first-order chi connectivity index (χ1) is 13.2. The van der Waals surface area contributed by atoms with Gasteiger partial charge in [0.15, 0.2) is 9.84 Å². The van der Waals surface area contributed by atoms with Gasteiger partial charge in [0.25, 0.3) is 5.92 Å². The third kappa shape index (κ3) is 2.49. The maximum absolute atomic E-state index is 13.7. The maximum Gasteiger partial charge on any atom is 0.284 e. The van der Waals surface area contributed by atoms with Gasteiger partial charge < -0.3 is 10.6 Å². The van der Waals surface area contributed by atoms with Crippen LogP contribution in [0.15, 0.2) is 23.1 Å². The number of fused-ring (bicyclic) bond motifs is 2. The monoisotopic (exact) mass is 406 g/mol. The molecule has 1 saturated heterocycles. The van der Waals surface area contributed by atoms with E-state index in [2.05, 4.69) is 9.97 Å². The molecule has 9 heteroatoms. The molecule has 0 radical (unpaired) electrons. The van der Waals surface area contributed by atoms with Gasteiger partial charge in [-0.05, 0) is 37.8 Å². The number of alkyl halides is 2. The van der Waals surface area contributed by atoms with Crippen LogP contribution in [0.5, 0.6) is 0 Å². The Morgan fingerprint density at radius 3 is 2.75 bits per heavy atom. The summed E-state index contributed by atoms with van der Waals surface area (Å²) in [7, 11) is -3.42. The lowest BCUT2D eigenvalue weighted by Gasteiger charge is -2.45. The number of hydrogen-bond acceptors (Lipinski definition) is 6. The van der Waals surface area contributed by atoms with Crippen molar-refractivity contribution in [3.05, 3.63) is 35.0 Å². The Morgan fingerprint density at radius 2 is 2.04 bits per heavy atom.